The Balaban J connectivity index is 1.70. The predicted molar refractivity (Wildman–Crippen MR) is 85.2 cm³/mol. The van der Waals surface area contributed by atoms with Crippen LogP contribution < -0.4 is 0 Å². The van der Waals surface area contributed by atoms with Gasteiger partial charge in [-0.15, -0.1) is 0 Å². The van der Waals surface area contributed by atoms with Crippen molar-refractivity contribution in [2.75, 3.05) is 31.1 Å². The molecule has 0 spiro atoms. The molecule has 5 heteroatoms. The molecule has 0 N–H and O–H groups in total. The van der Waals surface area contributed by atoms with Gasteiger partial charge in [-0.2, -0.15) is 11.8 Å². The lowest BCUT2D eigenvalue weighted by Crippen LogP contribution is -2.50. The summed E-state index contributed by atoms with van der Waals surface area (Å²) in [5.41, 5.74) is 0. The average molecular weight is 310 g/mol. The zero-order valence-corrected chi connectivity index (χ0v) is 13.6. The Kier molecular flexibility index (Phi) is 5.09. The molecular formula is C16H26N2O2S. The number of carbonyl (C=O) groups is 2. The summed E-state index contributed by atoms with van der Waals surface area (Å²) in [6.07, 6.45) is 7.04. The minimum atomic E-state index is 0.0592. The Morgan fingerprint density at radius 3 is 2.67 bits per heavy atom. The topological polar surface area (TPSA) is 40.6 Å². The fraction of sp³-hybridized carbons (Fsp3) is 0.875. The first-order chi connectivity index (χ1) is 10.3. The monoisotopic (exact) mass is 310 g/mol. The lowest BCUT2D eigenvalue weighted by atomic mass is 9.82. The fourth-order valence-corrected chi connectivity index (χ4v) is 4.88. The van der Waals surface area contributed by atoms with E-state index in [1.165, 1.54) is 5.75 Å². The molecule has 2 saturated heterocycles. The molecule has 21 heavy (non-hydrogen) atoms. The summed E-state index contributed by atoms with van der Waals surface area (Å²) in [5.74, 6) is 2.88. The second-order valence-corrected chi connectivity index (χ2v) is 7.66. The highest BCUT2D eigenvalue weighted by molar-refractivity contribution is 7.99. The first-order valence-corrected chi connectivity index (χ1v) is 9.59. The van der Waals surface area contributed by atoms with Gasteiger partial charge >= 0.3 is 0 Å². The van der Waals surface area contributed by atoms with Crippen LogP contribution in [-0.4, -0.2) is 58.8 Å². The molecule has 0 aromatic carbocycles. The van der Waals surface area contributed by atoms with Crippen molar-refractivity contribution in [3.63, 3.8) is 0 Å². The molecule has 2 heterocycles. The molecule has 118 valence electrons. The molecule has 2 amide bonds. The van der Waals surface area contributed by atoms with Crippen molar-refractivity contribution < 1.29 is 9.59 Å². The first kappa shape index (κ1) is 15.2. The summed E-state index contributed by atoms with van der Waals surface area (Å²) in [6.45, 7) is 2.66. The van der Waals surface area contributed by atoms with Gasteiger partial charge in [0.25, 0.3) is 0 Å². The summed E-state index contributed by atoms with van der Waals surface area (Å²) in [6, 6.07) is 0.178. The second-order valence-electron chi connectivity index (χ2n) is 6.44. The Labute approximate surface area is 131 Å². The summed E-state index contributed by atoms with van der Waals surface area (Å²) in [5, 5.41) is 0. The van der Waals surface area contributed by atoms with Crippen LogP contribution in [0.5, 0.6) is 0 Å². The van der Waals surface area contributed by atoms with Crippen molar-refractivity contribution in [1.82, 2.24) is 9.80 Å². The number of hydrogen-bond acceptors (Lipinski definition) is 3. The largest absolute Gasteiger partial charge is 0.342 e. The van der Waals surface area contributed by atoms with Gasteiger partial charge in [-0.1, -0.05) is 12.8 Å². The number of amides is 2. The van der Waals surface area contributed by atoms with Gasteiger partial charge in [0.05, 0.1) is 5.92 Å². The van der Waals surface area contributed by atoms with E-state index in [1.807, 2.05) is 16.7 Å². The van der Waals surface area contributed by atoms with Crippen molar-refractivity contribution >= 4 is 23.6 Å². The number of thioether (sulfide) groups is 1. The van der Waals surface area contributed by atoms with Gasteiger partial charge in [-0.25, -0.2) is 0 Å². The Morgan fingerprint density at radius 2 is 1.86 bits per heavy atom. The highest BCUT2D eigenvalue weighted by Crippen LogP contribution is 2.32. The van der Waals surface area contributed by atoms with Gasteiger partial charge < -0.3 is 9.80 Å². The third kappa shape index (κ3) is 3.38. The maximum absolute atomic E-state index is 13.0. The van der Waals surface area contributed by atoms with Crippen molar-refractivity contribution in [2.45, 2.75) is 51.0 Å². The molecule has 1 aliphatic carbocycles. The van der Waals surface area contributed by atoms with E-state index in [1.54, 1.807) is 0 Å². The van der Waals surface area contributed by atoms with Gasteiger partial charge in [-0.3, -0.25) is 9.59 Å². The standard InChI is InChI=1S/C16H26N2O2S/c19-15-7-3-9-18(15)14-6-2-1-5-13(14)16(20)17-8-4-11-21-12-10-17/h13-14H,1-12H2/t13-,14+/m1/s1. The molecule has 0 unspecified atom stereocenters. The minimum Gasteiger partial charge on any atom is -0.342 e. The van der Waals surface area contributed by atoms with Crippen LogP contribution in [-0.2, 0) is 9.59 Å². The van der Waals surface area contributed by atoms with E-state index in [9.17, 15) is 9.59 Å². The van der Waals surface area contributed by atoms with Gasteiger partial charge in [0.1, 0.15) is 0 Å². The zero-order valence-electron chi connectivity index (χ0n) is 12.8. The minimum absolute atomic E-state index is 0.0592. The summed E-state index contributed by atoms with van der Waals surface area (Å²) in [4.78, 5) is 29.1. The molecule has 0 aromatic heterocycles. The molecular weight excluding hydrogens is 284 g/mol. The second kappa shape index (κ2) is 7.03. The van der Waals surface area contributed by atoms with Gasteiger partial charge in [0.15, 0.2) is 0 Å². The zero-order chi connectivity index (χ0) is 14.7. The predicted octanol–water partition coefficient (Wildman–Crippen LogP) is 2.13. The number of carbonyl (C=O) groups excluding carboxylic acids is 2. The highest BCUT2D eigenvalue weighted by atomic mass is 32.2. The first-order valence-electron chi connectivity index (χ1n) is 8.43. The molecule has 0 radical (unpaired) electrons. The van der Waals surface area contributed by atoms with E-state index in [0.29, 0.717) is 12.3 Å². The molecule has 3 aliphatic rings. The number of rotatable bonds is 2. The smallest absolute Gasteiger partial charge is 0.227 e. The van der Waals surface area contributed by atoms with Gasteiger partial charge in [0.2, 0.25) is 11.8 Å². The van der Waals surface area contributed by atoms with E-state index in [0.717, 1.165) is 63.9 Å². The lowest BCUT2D eigenvalue weighted by molar-refractivity contribution is -0.142. The molecule has 2 atom stereocenters. The van der Waals surface area contributed by atoms with Crippen LogP contribution in [0.1, 0.15) is 44.9 Å². The Morgan fingerprint density at radius 1 is 1.00 bits per heavy atom. The quantitative estimate of drug-likeness (QED) is 0.784. The average Bonchev–Trinajstić information content (AvgIpc) is 2.77. The van der Waals surface area contributed by atoms with Crippen LogP contribution in [0.15, 0.2) is 0 Å². The summed E-state index contributed by atoms with van der Waals surface area (Å²) in [7, 11) is 0. The third-order valence-electron chi connectivity index (χ3n) is 5.09. The summed E-state index contributed by atoms with van der Waals surface area (Å²) < 4.78 is 0. The molecule has 4 nitrogen and oxygen atoms in total. The Hall–Kier alpha value is -0.710. The van der Waals surface area contributed by atoms with Crippen molar-refractivity contribution in [1.29, 1.82) is 0 Å². The lowest BCUT2D eigenvalue weighted by Gasteiger charge is -2.39. The number of hydrogen-bond donors (Lipinski definition) is 0. The van der Waals surface area contributed by atoms with Crippen molar-refractivity contribution in [2.24, 2.45) is 5.92 Å². The molecule has 3 fully saturated rings. The SMILES string of the molecule is O=C([C@@H]1CCCC[C@@H]1N1CCCC1=O)N1CCCSCC1. The maximum atomic E-state index is 13.0. The van der Waals surface area contributed by atoms with Crippen LogP contribution in [0, 0.1) is 5.92 Å². The van der Waals surface area contributed by atoms with Crippen LogP contribution in [0.3, 0.4) is 0 Å². The van der Waals surface area contributed by atoms with Gasteiger partial charge in [0, 0.05) is 37.8 Å². The van der Waals surface area contributed by atoms with Crippen molar-refractivity contribution in [3.8, 4) is 0 Å². The summed E-state index contributed by atoms with van der Waals surface area (Å²) >= 11 is 1.95. The van der Waals surface area contributed by atoms with E-state index in [2.05, 4.69) is 4.90 Å². The maximum Gasteiger partial charge on any atom is 0.227 e. The third-order valence-corrected chi connectivity index (χ3v) is 6.14. The molecule has 1 saturated carbocycles. The van der Waals surface area contributed by atoms with Crippen LogP contribution in [0.2, 0.25) is 0 Å². The van der Waals surface area contributed by atoms with E-state index in [4.69, 9.17) is 0 Å². The fourth-order valence-electron chi connectivity index (χ4n) is 3.99. The molecule has 0 aromatic rings. The van der Waals surface area contributed by atoms with E-state index >= 15 is 0 Å². The van der Waals surface area contributed by atoms with Crippen LogP contribution in [0.4, 0.5) is 0 Å². The molecule has 0 bridgehead atoms. The highest BCUT2D eigenvalue weighted by Gasteiger charge is 2.40. The number of nitrogens with zero attached hydrogens (tertiary/aromatic N) is 2. The van der Waals surface area contributed by atoms with Crippen LogP contribution in [0.25, 0.3) is 0 Å². The van der Waals surface area contributed by atoms with Gasteiger partial charge in [-0.05, 0) is 31.4 Å². The van der Waals surface area contributed by atoms with E-state index < -0.39 is 0 Å². The molecule has 2 aliphatic heterocycles. The Bertz CT molecular complexity index is 394. The molecule has 3 rings (SSSR count). The van der Waals surface area contributed by atoms with Crippen molar-refractivity contribution in [3.05, 3.63) is 0 Å². The normalized spacial score (nSPS) is 31.3. The van der Waals surface area contributed by atoms with E-state index in [-0.39, 0.29) is 17.9 Å². The van der Waals surface area contributed by atoms with Crippen LogP contribution >= 0.6 is 11.8 Å². The number of likely N-dealkylation sites (tertiary alicyclic amines) is 1.